The number of hydrogen-bond donors (Lipinski definition) is 1. The van der Waals surface area contributed by atoms with Gasteiger partial charge in [-0.3, -0.25) is 4.79 Å². The minimum absolute atomic E-state index is 0.123. The van der Waals surface area contributed by atoms with E-state index >= 15 is 0 Å². The lowest BCUT2D eigenvalue weighted by atomic mass is 9.84. The van der Waals surface area contributed by atoms with Crippen molar-refractivity contribution in [1.29, 1.82) is 0 Å². The summed E-state index contributed by atoms with van der Waals surface area (Å²) >= 11 is 3.03. The molecule has 0 radical (unpaired) electrons. The Hall–Kier alpha value is -0.620. The quantitative estimate of drug-likeness (QED) is 0.850. The number of aromatic nitrogens is 2. The zero-order valence-corrected chi connectivity index (χ0v) is 13.6. The summed E-state index contributed by atoms with van der Waals surface area (Å²) in [4.78, 5) is 12.0. The Morgan fingerprint density at radius 1 is 1.45 bits per heavy atom. The molecule has 4 nitrogen and oxygen atoms in total. The lowest BCUT2D eigenvalue weighted by Gasteiger charge is -2.28. The van der Waals surface area contributed by atoms with Crippen LogP contribution >= 0.6 is 23.1 Å². The highest BCUT2D eigenvalue weighted by Gasteiger charge is 2.42. The van der Waals surface area contributed by atoms with Gasteiger partial charge in [-0.25, -0.2) is 0 Å². The van der Waals surface area contributed by atoms with E-state index in [1.807, 2.05) is 6.92 Å². The van der Waals surface area contributed by atoms with Crippen molar-refractivity contribution in [3.63, 3.8) is 0 Å². The number of carbonyl (C=O) groups excluding carboxylic acids is 1. The fourth-order valence-corrected chi connectivity index (χ4v) is 5.40. The molecule has 1 N–H and O–H groups in total. The van der Waals surface area contributed by atoms with Crippen LogP contribution in [0, 0.1) is 24.7 Å². The Bertz CT molecular complexity index is 491. The molecule has 0 aliphatic heterocycles. The Kier molecular flexibility index (Phi) is 4.31. The molecular formula is C14H21N3OS2. The summed E-state index contributed by atoms with van der Waals surface area (Å²) in [6.07, 6.45) is 5.49. The van der Waals surface area contributed by atoms with Crippen molar-refractivity contribution in [2.45, 2.75) is 49.9 Å². The first-order valence-corrected chi connectivity index (χ1v) is 9.14. The second-order valence-electron chi connectivity index (χ2n) is 6.07. The zero-order chi connectivity index (χ0) is 14.1. The summed E-state index contributed by atoms with van der Waals surface area (Å²) in [5, 5.41) is 12.1. The molecular weight excluding hydrogens is 290 g/mol. The predicted molar refractivity (Wildman–Crippen MR) is 81.9 cm³/mol. The smallest absolute Gasteiger partial charge is 0.230 e. The van der Waals surface area contributed by atoms with E-state index in [-0.39, 0.29) is 5.91 Å². The van der Waals surface area contributed by atoms with Crippen LogP contribution in [0.15, 0.2) is 4.34 Å². The number of hydrogen-bond acceptors (Lipinski definition) is 5. The molecule has 0 aromatic carbocycles. The lowest BCUT2D eigenvalue weighted by molar-refractivity contribution is -0.119. The molecule has 1 aromatic rings. The molecule has 2 saturated carbocycles. The van der Waals surface area contributed by atoms with Crippen LogP contribution < -0.4 is 5.32 Å². The molecule has 2 aliphatic carbocycles. The van der Waals surface area contributed by atoms with Crippen molar-refractivity contribution in [3.8, 4) is 0 Å². The van der Waals surface area contributed by atoms with Crippen LogP contribution in [0.4, 0.5) is 0 Å². The third-order valence-electron chi connectivity index (χ3n) is 4.66. The highest BCUT2D eigenvalue weighted by Crippen LogP contribution is 2.49. The normalized spacial score (nSPS) is 29.6. The number of nitrogens with zero attached hydrogens (tertiary/aromatic N) is 2. The van der Waals surface area contributed by atoms with Gasteiger partial charge < -0.3 is 5.32 Å². The zero-order valence-electron chi connectivity index (χ0n) is 12.0. The van der Waals surface area contributed by atoms with Crippen molar-refractivity contribution >= 4 is 29.0 Å². The SMILES string of the molecule is Cc1nnc(SCC(=O)NC(C)C2CC3CCC2C3)s1. The van der Waals surface area contributed by atoms with Crippen molar-refractivity contribution < 1.29 is 4.79 Å². The lowest BCUT2D eigenvalue weighted by Crippen LogP contribution is -2.40. The molecule has 2 fully saturated rings. The number of amides is 1. The molecule has 110 valence electrons. The average Bonchev–Trinajstić information content (AvgIpc) is 3.12. The maximum atomic E-state index is 12.0. The second kappa shape index (κ2) is 6.02. The first-order chi connectivity index (χ1) is 9.61. The van der Waals surface area contributed by atoms with E-state index in [4.69, 9.17) is 0 Å². The molecule has 1 heterocycles. The van der Waals surface area contributed by atoms with Gasteiger partial charge in [0.25, 0.3) is 0 Å². The first kappa shape index (κ1) is 14.3. The fraction of sp³-hybridized carbons (Fsp3) is 0.786. The van der Waals surface area contributed by atoms with Gasteiger partial charge in [-0.1, -0.05) is 29.5 Å². The number of carbonyl (C=O) groups is 1. The summed E-state index contributed by atoms with van der Waals surface area (Å²) in [6.45, 7) is 4.10. The highest BCUT2D eigenvalue weighted by molar-refractivity contribution is 8.01. The maximum Gasteiger partial charge on any atom is 0.230 e. The molecule has 1 amide bonds. The van der Waals surface area contributed by atoms with Crippen LogP contribution in [0.5, 0.6) is 0 Å². The summed E-state index contributed by atoms with van der Waals surface area (Å²) in [7, 11) is 0. The molecule has 20 heavy (non-hydrogen) atoms. The van der Waals surface area contributed by atoms with E-state index < -0.39 is 0 Å². The Morgan fingerprint density at radius 3 is 2.90 bits per heavy atom. The van der Waals surface area contributed by atoms with E-state index in [0.717, 1.165) is 21.2 Å². The van der Waals surface area contributed by atoms with Crippen LogP contribution in [0.25, 0.3) is 0 Å². The van der Waals surface area contributed by atoms with Crippen LogP contribution in [0.2, 0.25) is 0 Å². The highest BCUT2D eigenvalue weighted by atomic mass is 32.2. The summed E-state index contributed by atoms with van der Waals surface area (Å²) in [5.41, 5.74) is 0. The van der Waals surface area contributed by atoms with Gasteiger partial charge in [-0.2, -0.15) is 0 Å². The molecule has 1 aromatic heterocycles. The van der Waals surface area contributed by atoms with Crippen LogP contribution in [-0.2, 0) is 4.79 Å². The standard InChI is InChI=1S/C14H21N3OS2/c1-8(12-6-10-3-4-11(12)5-10)15-13(18)7-19-14-17-16-9(2)20-14/h8,10-12H,3-7H2,1-2H3,(H,15,18). The molecule has 0 saturated heterocycles. The predicted octanol–water partition coefficient (Wildman–Crippen LogP) is 2.88. The number of fused-ring (bicyclic) bond motifs is 2. The first-order valence-electron chi connectivity index (χ1n) is 7.34. The Morgan fingerprint density at radius 2 is 2.30 bits per heavy atom. The molecule has 3 rings (SSSR count). The van der Waals surface area contributed by atoms with Gasteiger partial charge in [0, 0.05) is 6.04 Å². The van der Waals surface area contributed by atoms with Crippen molar-refractivity contribution in [1.82, 2.24) is 15.5 Å². The Labute approximate surface area is 128 Å². The number of thioether (sulfide) groups is 1. The topological polar surface area (TPSA) is 54.9 Å². The van der Waals surface area contributed by atoms with Gasteiger partial charge in [0.1, 0.15) is 5.01 Å². The van der Waals surface area contributed by atoms with E-state index in [9.17, 15) is 4.79 Å². The van der Waals surface area contributed by atoms with Gasteiger partial charge in [-0.15, -0.1) is 10.2 Å². The van der Waals surface area contributed by atoms with Gasteiger partial charge in [0.05, 0.1) is 5.75 Å². The molecule has 6 heteroatoms. The summed E-state index contributed by atoms with van der Waals surface area (Å²) in [6, 6.07) is 0.314. The van der Waals surface area contributed by atoms with E-state index in [0.29, 0.717) is 17.7 Å². The Balaban J connectivity index is 1.44. The van der Waals surface area contributed by atoms with E-state index in [1.54, 1.807) is 11.3 Å². The molecule has 2 bridgehead atoms. The third kappa shape index (κ3) is 3.17. The van der Waals surface area contributed by atoms with E-state index in [1.165, 1.54) is 37.4 Å². The third-order valence-corrected chi connectivity index (χ3v) is 6.63. The van der Waals surface area contributed by atoms with Gasteiger partial charge in [0.2, 0.25) is 5.91 Å². The largest absolute Gasteiger partial charge is 0.353 e. The minimum Gasteiger partial charge on any atom is -0.353 e. The van der Waals surface area contributed by atoms with E-state index in [2.05, 4.69) is 22.4 Å². The molecule has 4 atom stereocenters. The second-order valence-corrected chi connectivity index (χ2v) is 8.47. The van der Waals surface area contributed by atoms with Crippen molar-refractivity contribution in [2.24, 2.45) is 17.8 Å². The summed E-state index contributed by atoms with van der Waals surface area (Å²) < 4.78 is 0.880. The van der Waals surface area contributed by atoms with Crippen molar-refractivity contribution in [3.05, 3.63) is 5.01 Å². The monoisotopic (exact) mass is 311 g/mol. The van der Waals surface area contributed by atoms with Gasteiger partial charge in [-0.05, 0) is 50.9 Å². The number of rotatable bonds is 5. The molecule has 0 spiro atoms. The molecule has 2 aliphatic rings. The minimum atomic E-state index is 0.123. The maximum absolute atomic E-state index is 12.0. The molecule has 4 unspecified atom stereocenters. The van der Waals surface area contributed by atoms with Crippen LogP contribution in [0.1, 0.15) is 37.6 Å². The van der Waals surface area contributed by atoms with Crippen LogP contribution in [-0.4, -0.2) is 27.9 Å². The van der Waals surface area contributed by atoms with Gasteiger partial charge in [0.15, 0.2) is 4.34 Å². The van der Waals surface area contributed by atoms with Crippen LogP contribution in [0.3, 0.4) is 0 Å². The number of aryl methyl sites for hydroxylation is 1. The summed E-state index contributed by atoms with van der Waals surface area (Å²) in [5.74, 6) is 3.06. The number of nitrogens with one attached hydrogen (secondary N) is 1. The van der Waals surface area contributed by atoms with Crippen molar-refractivity contribution in [2.75, 3.05) is 5.75 Å². The van der Waals surface area contributed by atoms with Gasteiger partial charge >= 0.3 is 0 Å². The average molecular weight is 311 g/mol. The fourth-order valence-electron chi connectivity index (χ4n) is 3.77.